The van der Waals surface area contributed by atoms with Gasteiger partial charge in [-0.05, 0) is 31.2 Å². The molecule has 0 unspecified atom stereocenters. The first-order valence-electron chi connectivity index (χ1n) is 10.0. The first-order valence-corrected chi connectivity index (χ1v) is 10.9. The number of aryl methyl sites for hydroxylation is 1. The Hall–Kier alpha value is -3.23. The van der Waals surface area contributed by atoms with Crippen LogP contribution in [-0.2, 0) is 9.53 Å². The van der Waals surface area contributed by atoms with Crippen molar-refractivity contribution in [3.63, 3.8) is 0 Å². The molecular formula is C23H23N3O4S. The number of benzene rings is 2. The molecule has 1 aliphatic rings. The summed E-state index contributed by atoms with van der Waals surface area (Å²) in [6.07, 6.45) is 0. The van der Waals surface area contributed by atoms with Crippen LogP contribution in [-0.4, -0.2) is 54.6 Å². The van der Waals surface area contributed by atoms with Gasteiger partial charge in [-0.1, -0.05) is 29.8 Å². The molecule has 1 saturated heterocycles. The van der Waals surface area contributed by atoms with Gasteiger partial charge >= 0.3 is 0 Å². The fraction of sp³-hybridized carbons (Fsp3) is 0.261. The lowest BCUT2D eigenvalue weighted by atomic mass is 10.1. The number of carbonyl (C=O) groups excluding carboxylic acids is 2. The summed E-state index contributed by atoms with van der Waals surface area (Å²) in [6.45, 7) is 4.21. The number of nitrogens with one attached hydrogen (secondary N) is 1. The van der Waals surface area contributed by atoms with Crippen molar-refractivity contribution >= 4 is 28.3 Å². The van der Waals surface area contributed by atoms with Gasteiger partial charge in [0.25, 0.3) is 11.8 Å². The van der Waals surface area contributed by atoms with Crippen molar-refractivity contribution in [1.29, 1.82) is 0 Å². The molecular weight excluding hydrogens is 414 g/mol. The van der Waals surface area contributed by atoms with E-state index >= 15 is 0 Å². The zero-order valence-electron chi connectivity index (χ0n) is 17.2. The number of hydrogen-bond donors (Lipinski definition) is 1. The summed E-state index contributed by atoms with van der Waals surface area (Å²) in [7, 11) is 0. The summed E-state index contributed by atoms with van der Waals surface area (Å²) >= 11 is 1.34. The third-order valence-electron chi connectivity index (χ3n) is 4.92. The molecule has 0 saturated carbocycles. The topological polar surface area (TPSA) is 80.8 Å². The summed E-state index contributed by atoms with van der Waals surface area (Å²) in [4.78, 5) is 31.1. The van der Waals surface area contributed by atoms with E-state index in [-0.39, 0.29) is 18.4 Å². The molecule has 2 amide bonds. The zero-order valence-corrected chi connectivity index (χ0v) is 18.0. The van der Waals surface area contributed by atoms with Crippen molar-refractivity contribution in [3.8, 4) is 17.0 Å². The number of para-hydroxylation sites is 1. The summed E-state index contributed by atoms with van der Waals surface area (Å²) in [5.74, 6) is 0.301. The highest BCUT2D eigenvalue weighted by Gasteiger charge is 2.18. The van der Waals surface area contributed by atoms with E-state index in [0.717, 1.165) is 11.1 Å². The van der Waals surface area contributed by atoms with Gasteiger partial charge in [0, 0.05) is 29.6 Å². The quantitative estimate of drug-likeness (QED) is 0.637. The van der Waals surface area contributed by atoms with Crippen LogP contribution in [0.4, 0.5) is 5.13 Å². The van der Waals surface area contributed by atoms with Crippen LogP contribution in [0.3, 0.4) is 0 Å². The molecule has 1 aromatic heterocycles. The number of nitrogens with zero attached hydrogens (tertiary/aromatic N) is 2. The van der Waals surface area contributed by atoms with E-state index in [1.165, 1.54) is 11.3 Å². The molecule has 160 valence electrons. The third-order valence-corrected chi connectivity index (χ3v) is 5.67. The normalized spacial score (nSPS) is 13.6. The van der Waals surface area contributed by atoms with Crippen LogP contribution in [0.1, 0.15) is 15.9 Å². The van der Waals surface area contributed by atoms with Gasteiger partial charge in [0.15, 0.2) is 11.7 Å². The lowest BCUT2D eigenvalue weighted by molar-refractivity contribution is -0.137. The monoisotopic (exact) mass is 437 g/mol. The van der Waals surface area contributed by atoms with E-state index in [4.69, 9.17) is 9.47 Å². The maximum Gasteiger partial charge on any atom is 0.260 e. The van der Waals surface area contributed by atoms with Gasteiger partial charge in [-0.2, -0.15) is 0 Å². The van der Waals surface area contributed by atoms with E-state index in [2.05, 4.69) is 10.3 Å². The van der Waals surface area contributed by atoms with Gasteiger partial charge in [-0.3, -0.25) is 14.9 Å². The molecule has 0 atom stereocenters. The van der Waals surface area contributed by atoms with Crippen molar-refractivity contribution < 1.29 is 19.1 Å². The Bertz CT molecular complexity index is 1060. The van der Waals surface area contributed by atoms with Gasteiger partial charge in [-0.25, -0.2) is 4.98 Å². The van der Waals surface area contributed by atoms with Crippen LogP contribution >= 0.6 is 11.3 Å². The molecule has 2 heterocycles. The first kappa shape index (κ1) is 21.0. The Morgan fingerprint density at radius 3 is 2.65 bits per heavy atom. The molecule has 4 rings (SSSR count). The third kappa shape index (κ3) is 5.28. The number of hydrogen-bond acceptors (Lipinski definition) is 6. The van der Waals surface area contributed by atoms with E-state index in [1.807, 2.05) is 48.7 Å². The Labute approximate surface area is 184 Å². The number of morpholine rings is 1. The second-order valence-electron chi connectivity index (χ2n) is 7.14. The Kier molecular flexibility index (Phi) is 6.59. The minimum atomic E-state index is -0.207. The fourth-order valence-corrected chi connectivity index (χ4v) is 3.88. The summed E-state index contributed by atoms with van der Waals surface area (Å²) in [5, 5.41) is 5.19. The minimum absolute atomic E-state index is 0.0435. The number of ether oxygens (including phenoxy) is 2. The van der Waals surface area contributed by atoms with Crippen molar-refractivity contribution in [3.05, 3.63) is 65.0 Å². The highest BCUT2D eigenvalue weighted by molar-refractivity contribution is 7.14. The maximum atomic E-state index is 12.4. The average Bonchev–Trinajstić information content (AvgIpc) is 3.27. The predicted molar refractivity (Wildman–Crippen MR) is 120 cm³/mol. The average molecular weight is 438 g/mol. The molecule has 7 nitrogen and oxygen atoms in total. The molecule has 0 bridgehead atoms. The molecule has 0 radical (unpaired) electrons. The summed E-state index contributed by atoms with van der Waals surface area (Å²) < 4.78 is 11.1. The summed E-state index contributed by atoms with van der Waals surface area (Å²) in [5.41, 5.74) is 3.12. The molecule has 31 heavy (non-hydrogen) atoms. The van der Waals surface area contributed by atoms with Crippen LogP contribution in [0.25, 0.3) is 11.3 Å². The number of amides is 2. The van der Waals surface area contributed by atoms with Crippen LogP contribution in [0, 0.1) is 6.92 Å². The van der Waals surface area contributed by atoms with Crippen LogP contribution in [0.2, 0.25) is 0 Å². The van der Waals surface area contributed by atoms with Crippen molar-refractivity contribution in [2.75, 3.05) is 38.2 Å². The van der Waals surface area contributed by atoms with Crippen molar-refractivity contribution in [2.24, 2.45) is 0 Å². The highest BCUT2D eigenvalue weighted by Crippen LogP contribution is 2.32. The van der Waals surface area contributed by atoms with E-state index in [0.29, 0.717) is 48.4 Å². The summed E-state index contributed by atoms with van der Waals surface area (Å²) in [6, 6.07) is 14.8. The second kappa shape index (κ2) is 9.72. The van der Waals surface area contributed by atoms with E-state index in [9.17, 15) is 9.59 Å². The van der Waals surface area contributed by atoms with Crippen molar-refractivity contribution in [2.45, 2.75) is 6.92 Å². The van der Waals surface area contributed by atoms with Gasteiger partial charge in [-0.15, -0.1) is 11.3 Å². The lowest BCUT2D eigenvalue weighted by Gasteiger charge is -2.26. The van der Waals surface area contributed by atoms with Gasteiger partial charge < -0.3 is 14.4 Å². The van der Waals surface area contributed by atoms with E-state index < -0.39 is 0 Å². The number of aromatic nitrogens is 1. The van der Waals surface area contributed by atoms with Crippen LogP contribution in [0.5, 0.6) is 5.75 Å². The molecule has 1 aliphatic heterocycles. The van der Waals surface area contributed by atoms with E-state index in [1.54, 1.807) is 17.0 Å². The van der Waals surface area contributed by atoms with Crippen LogP contribution < -0.4 is 10.1 Å². The molecule has 1 fully saturated rings. The fourth-order valence-electron chi connectivity index (χ4n) is 3.18. The smallest absolute Gasteiger partial charge is 0.260 e. The Morgan fingerprint density at radius 2 is 1.87 bits per heavy atom. The lowest BCUT2D eigenvalue weighted by Crippen LogP contribution is -2.43. The van der Waals surface area contributed by atoms with Gasteiger partial charge in [0.05, 0.1) is 18.9 Å². The van der Waals surface area contributed by atoms with Gasteiger partial charge in [0.1, 0.15) is 5.75 Å². The molecule has 1 N–H and O–H groups in total. The number of carbonyl (C=O) groups is 2. The largest absolute Gasteiger partial charge is 0.483 e. The maximum absolute atomic E-state index is 12.4. The first-order chi connectivity index (χ1) is 15.1. The molecule has 0 spiro atoms. The zero-order chi connectivity index (χ0) is 21.6. The molecule has 0 aliphatic carbocycles. The minimum Gasteiger partial charge on any atom is -0.483 e. The van der Waals surface area contributed by atoms with Crippen molar-refractivity contribution in [1.82, 2.24) is 9.88 Å². The Morgan fingerprint density at radius 1 is 1.13 bits per heavy atom. The number of thiazole rings is 1. The highest BCUT2D eigenvalue weighted by atomic mass is 32.1. The SMILES string of the molecule is Cc1ccc(C(=O)Nc2nc(-c3ccccc3OCC(=O)N3CCOCC3)cs2)cc1. The Balaban J connectivity index is 1.43. The predicted octanol–water partition coefficient (Wildman–Crippen LogP) is 3.61. The molecule has 8 heteroatoms. The van der Waals surface area contributed by atoms with Crippen LogP contribution in [0.15, 0.2) is 53.9 Å². The molecule has 2 aromatic carbocycles. The van der Waals surface area contributed by atoms with Gasteiger partial charge in [0.2, 0.25) is 0 Å². The second-order valence-corrected chi connectivity index (χ2v) is 7.99. The molecule has 3 aromatic rings. The number of anilines is 1. The number of rotatable bonds is 6. The standard InChI is InChI=1S/C23H23N3O4S/c1-16-6-8-17(9-7-16)22(28)25-23-24-19(15-31-23)18-4-2-3-5-20(18)30-14-21(27)26-10-12-29-13-11-26/h2-9,15H,10-14H2,1H3,(H,24,25,28).